The van der Waals surface area contributed by atoms with Crippen LogP contribution in [-0.4, -0.2) is 4.98 Å². The predicted molar refractivity (Wildman–Crippen MR) is 63.7 cm³/mol. The van der Waals surface area contributed by atoms with E-state index in [0.717, 1.165) is 17.8 Å². The lowest BCUT2D eigenvalue weighted by Gasteiger charge is -2.10. The summed E-state index contributed by atoms with van der Waals surface area (Å²) in [5, 5.41) is 2.88. The number of hydrogen-bond donors (Lipinski definition) is 1. The fraction of sp³-hybridized carbons (Fsp3) is 0.154. The molecule has 0 amide bonds. The number of pyridine rings is 1. The molecule has 1 aromatic carbocycles. The Morgan fingerprint density at radius 2 is 1.83 bits per heavy atom. The number of nitrogens with zero attached hydrogens (tertiary/aromatic N) is 1. The van der Waals surface area contributed by atoms with Gasteiger partial charge in [-0.25, -0.2) is 0 Å². The molecule has 94 valence electrons. The zero-order chi connectivity index (χ0) is 13.2. The van der Waals surface area contributed by atoms with Gasteiger partial charge in [-0.1, -0.05) is 6.07 Å². The van der Waals surface area contributed by atoms with Crippen LogP contribution in [0.15, 0.2) is 42.6 Å². The van der Waals surface area contributed by atoms with Crippen LogP contribution in [0.4, 0.5) is 24.5 Å². The zero-order valence-corrected chi connectivity index (χ0v) is 9.62. The van der Waals surface area contributed by atoms with Crippen molar-refractivity contribution in [3.63, 3.8) is 0 Å². The first-order chi connectivity index (χ1) is 8.45. The molecule has 0 unspecified atom stereocenters. The molecule has 0 saturated heterocycles. The van der Waals surface area contributed by atoms with Gasteiger partial charge in [-0.3, -0.25) is 4.98 Å². The van der Waals surface area contributed by atoms with Crippen LogP contribution in [0.25, 0.3) is 0 Å². The van der Waals surface area contributed by atoms with Gasteiger partial charge in [-0.2, -0.15) is 13.2 Å². The largest absolute Gasteiger partial charge is 0.416 e. The molecule has 2 nitrogen and oxygen atoms in total. The third-order valence-corrected chi connectivity index (χ3v) is 2.39. The van der Waals surface area contributed by atoms with Gasteiger partial charge in [0.25, 0.3) is 0 Å². The third kappa shape index (κ3) is 3.00. The molecule has 1 aromatic heterocycles. The Bertz CT molecular complexity index is 533. The van der Waals surface area contributed by atoms with E-state index in [-0.39, 0.29) is 0 Å². The quantitative estimate of drug-likeness (QED) is 0.868. The highest BCUT2D eigenvalue weighted by molar-refractivity contribution is 5.59. The van der Waals surface area contributed by atoms with Crippen molar-refractivity contribution >= 4 is 11.4 Å². The molecule has 0 saturated carbocycles. The Balaban J connectivity index is 2.22. The van der Waals surface area contributed by atoms with Crippen molar-refractivity contribution < 1.29 is 13.2 Å². The van der Waals surface area contributed by atoms with Gasteiger partial charge in [0.2, 0.25) is 0 Å². The molecule has 1 N–H and O–H groups in total. The summed E-state index contributed by atoms with van der Waals surface area (Å²) in [7, 11) is 0. The van der Waals surface area contributed by atoms with Gasteiger partial charge in [0, 0.05) is 11.4 Å². The van der Waals surface area contributed by atoms with Gasteiger partial charge in [-0.15, -0.1) is 0 Å². The molecule has 1 heterocycles. The van der Waals surface area contributed by atoms with Crippen LogP contribution in [-0.2, 0) is 6.18 Å². The molecule has 0 aliphatic heterocycles. The standard InChI is InChI=1S/C13H11F3N2/c1-9-5-6-12(8-17-9)18-11-4-2-3-10(7-11)13(14,15)16/h2-8,18H,1H3. The molecule has 18 heavy (non-hydrogen) atoms. The number of hydrogen-bond acceptors (Lipinski definition) is 2. The minimum atomic E-state index is -4.33. The molecule has 2 aromatic rings. The van der Waals surface area contributed by atoms with Gasteiger partial charge in [0.1, 0.15) is 0 Å². The minimum absolute atomic E-state index is 0.385. The Labute approximate surface area is 102 Å². The van der Waals surface area contributed by atoms with E-state index in [2.05, 4.69) is 10.3 Å². The Morgan fingerprint density at radius 1 is 1.06 bits per heavy atom. The van der Waals surface area contributed by atoms with E-state index in [4.69, 9.17) is 0 Å². The highest BCUT2D eigenvalue weighted by Crippen LogP contribution is 2.31. The third-order valence-electron chi connectivity index (χ3n) is 2.39. The van der Waals surface area contributed by atoms with Crippen molar-refractivity contribution in [3.05, 3.63) is 53.9 Å². The highest BCUT2D eigenvalue weighted by atomic mass is 19.4. The Hall–Kier alpha value is -2.04. The molecule has 0 atom stereocenters. The second-order valence-corrected chi connectivity index (χ2v) is 3.89. The van der Waals surface area contributed by atoms with Gasteiger partial charge >= 0.3 is 6.18 Å². The molecule has 0 aliphatic carbocycles. The lowest BCUT2D eigenvalue weighted by molar-refractivity contribution is -0.137. The number of aryl methyl sites for hydroxylation is 1. The summed E-state index contributed by atoms with van der Waals surface area (Å²) in [6.45, 7) is 1.84. The fourth-order valence-electron chi connectivity index (χ4n) is 1.48. The summed E-state index contributed by atoms with van der Waals surface area (Å²) in [4.78, 5) is 4.06. The zero-order valence-electron chi connectivity index (χ0n) is 9.62. The molecule has 0 bridgehead atoms. The van der Waals surface area contributed by atoms with Crippen LogP contribution in [0, 0.1) is 6.92 Å². The topological polar surface area (TPSA) is 24.9 Å². The smallest absolute Gasteiger partial charge is 0.354 e. The molecule has 0 spiro atoms. The number of halogens is 3. The Morgan fingerprint density at radius 3 is 2.44 bits per heavy atom. The second kappa shape index (κ2) is 4.68. The van der Waals surface area contributed by atoms with Crippen LogP contribution in [0.5, 0.6) is 0 Å². The molecular weight excluding hydrogens is 241 g/mol. The number of anilines is 2. The average molecular weight is 252 g/mol. The summed E-state index contributed by atoms with van der Waals surface area (Å²) >= 11 is 0. The van der Waals surface area contributed by atoms with Crippen molar-refractivity contribution in [2.75, 3.05) is 5.32 Å². The van der Waals surface area contributed by atoms with Crippen LogP contribution >= 0.6 is 0 Å². The molecular formula is C13H11F3N2. The van der Waals surface area contributed by atoms with Crippen molar-refractivity contribution in [2.45, 2.75) is 13.1 Å². The molecule has 0 aliphatic rings. The van der Waals surface area contributed by atoms with Gasteiger partial charge in [0.05, 0.1) is 17.4 Å². The van der Waals surface area contributed by atoms with Gasteiger partial charge in [0.15, 0.2) is 0 Å². The molecule has 0 radical (unpaired) electrons. The second-order valence-electron chi connectivity index (χ2n) is 3.89. The number of rotatable bonds is 2. The molecule has 5 heteroatoms. The lowest BCUT2D eigenvalue weighted by atomic mass is 10.2. The van der Waals surface area contributed by atoms with E-state index in [1.54, 1.807) is 24.4 Å². The van der Waals surface area contributed by atoms with Crippen LogP contribution in [0.1, 0.15) is 11.3 Å². The summed E-state index contributed by atoms with van der Waals surface area (Å²) in [5.41, 5.74) is 1.22. The average Bonchev–Trinajstić information content (AvgIpc) is 2.31. The monoisotopic (exact) mass is 252 g/mol. The SMILES string of the molecule is Cc1ccc(Nc2cccc(C(F)(F)F)c2)cn1. The fourth-order valence-corrected chi connectivity index (χ4v) is 1.48. The highest BCUT2D eigenvalue weighted by Gasteiger charge is 2.30. The van der Waals surface area contributed by atoms with Crippen molar-refractivity contribution in [1.82, 2.24) is 4.98 Å². The van der Waals surface area contributed by atoms with E-state index >= 15 is 0 Å². The molecule has 0 fully saturated rings. The van der Waals surface area contributed by atoms with E-state index < -0.39 is 11.7 Å². The lowest BCUT2D eigenvalue weighted by Crippen LogP contribution is -2.05. The summed E-state index contributed by atoms with van der Waals surface area (Å²) < 4.78 is 37.6. The van der Waals surface area contributed by atoms with Gasteiger partial charge < -0.3 is 5.32 Å². The van der Waals surface area contributed by atoms with Crippen LogP contribution in [0.3, 0.4) is 0 Å². The maximum Gasteiger partial charge on any atom is 0.416 e. The number of nitrogens with one attached hydrogen (secondary N) is 1. The summed E-state index contributed by atoms with van der Waals surface area (Å²) in [6, 6.07) is 8.61. The number of alkyl halides is 3. The van der Waals surface area contributed by atoms with Crippen molar-refractivity contribution in [1.29, 1.82) is 0 Å². The van der Waals surface area contributed by atoms with E-state index in [0.29, 0.717) is 11.4 Å². The van der Waals surface area contributed by atoms with E-state index in [1.807, 2.05) is 6.92 Å². The summed E-state index contributed by atoms with van der Waals surface area (Å²) in [6.07, 6.45) is -2.75. The summed E-state index contributed by atoms with van der Waals surface area (Å²) in [5.74, 6) is 0. The van der Waals surface area contributed by atoms with Crippen molar-refractivity contribution in [2.24, 2.45) is 0 Å². The first kappa shape index (κ1) is 12.4. The number of aromatic nitrogens is 1. The van der Waals surface area contributed by atoms with E-state index in [1.165, 1.54) is 6.07 Å². The molecule has 2 rings (SSSR count). The van der Waals surface area contributed by atoms with Gasteiger partial charge in [-0.05, 0) is 37.3 Å². The first-order valence-electron chi connectivity index (χ1n) is 5.32. The first-order valence-corrected chi connectivity index (χ1v) is 5.32. The maximum atomic E-state index is 12.5. The van der Waals surface area contributed by atoms with E-state index in [9.17, 15) is 13.2 Å². The van der Waals surface area contributed by atoms with Crippen LogP contribution in [0.2, 0.25) is 0 Å². The minimum Gasteiger partial charge on any atom is -0.354 e. The maximum absolute atomic E-state index is 12.5. The normalized spacial score (nSPS) is 11.3. The number of benzene rings is 1. The van der Waals surface area contributed by atoms with Crippen LogP contribution < -0.4 is 5.32 Å². The Kier molecular flexibility index (Phi) is 3.23. The van der Waals surface area contributed by atoms with Crippen molar-refractivity contribution in [3.8, 4) is 0 Å². The predicted octanol–water partition coefficient (Wildman–Crippen LogP) is 4.15.